The van der Waals surface area contributed by atoms with Gasteiger partial charge in [-0.2, -0.15) is 0 Å². The predicted molar refractivity (Wildman–Crippen MR) is 102 cm³/mol. The van der Waals surface area contributed by atoms with E-state index in [1.807, 2.05) is 4.90 Å². The van der Waals surface area contributed by atoms with Crippen molar-refractivity contribution in [3.63, 3.8) is 0 Å². The maximum Gasteiger partial charge on any atom is 0.322 e. The SMILES string of the molecule is COc1ccc(C(C)=O)cc1NC(=O)N1CCC[C@H]1C(=O)N1CCCCC1. The van der Waals surface area contributed by atoms with Crippen LogP contribution in [0.3, 0.4) is 0 Å². The number of methoxy groups -OCH3 is 1. The summed E-state index contributed by atoms with van der Waals surface area (Å²) < 4.78 is 5.29. The van der Waals surface area contributed by atoms with Crippen LogP contribution in [0.15, 0.2) is 18.2 Å². The second kappa shape index (κ2) is 8.41. The van der Waals surface area contributed by atoms with E-state index in [-0.39, 0.29) is 17.7 Å². The van der Waals surface area contributed by atoms with Gasteiger partial charge >= 0.3 is 6.03 Å². The lowest BCUT2D eigenvalue weighted by atomic mass is 10.1. The lowest BCUT2D eigenvalue weighted by molar-refractivity contribution is -0.136. The second-order valence-electron chi connectivity index (χ2n) is 7.14. The molecule has 146 valence electrons. The topological polar surface area (TPSA) is 79.0 Å². The number of benzene rings is 1. The van der Waals surface area contributed by atoms with Crippen molar-refractivity contribution >= 4 is 23.4 Å². The van der Waals surface area contributed by atoms with E-state index < -0.39 is 6.04 Å². The molecule has 0 aliphatic carbocycles. The Morgan fingerprint density at radius 1 is 1.07 bits per heavy atom. The summed E-state index contributed by atoms with van der Waals surface area (Å²) in [6.07, 6.45) is 4.71. The van der Waals surface area contributed by atoms with Gasteiger partial charge in [-0.1, -0.05) is 0 Å². The third-order valence-corrected chi connectivity index (χ3v) is 5.31. The van der Waals surface area contributed by atoms with Crippen molar-refractivity contribution in [3.05, 3.63) is 23.8 Å². The van der Waals surface area contributed by atoms with Gasteiger partial charge in [0.25, 0.3) is 0 Å². The number of likely N-dealkylation sites (tertiary alicyclic amines) is 2. The Bertz CT molecular complexity index is 728. The normalized spacial score (nSPS) is 19.7. The summed E-state index contributed by atoms with van der Waals surface area (Å²) in [6.45, 7) is 3.57. The lowest BCUT2D eigenvalue weighted by Gasteiger charge is -2.32. The van der Waals surface area contributed by atoms with Crippen molar-refractivity contribution in [2.24, 2.45) is 0 Å². The number of anilines is 1. The molecule has 1 N–H and O–H groups in total. The van der Waals surface area contributed by atoms with E-state index in [0.29, 0.717) is 30.0 Å². The maximum atomic E-state index is 12.9. The molecule has 27 heavy (non-hydrogen) atoms. The Kier molecular flexibility index (Phi) is 5.98. The number of nitrogens with zero attached hydrogens (tertiary/aromatic N) is 2. The lowest BCUT2D eigenvalue weighted by Crippen LogP contribution is -2.50. The molecule has 0 bridgehead atoms. The summed E-state index contributed by atoms with van der Waals surface area (Å²) in [4.78, 5) is 40.9. The van der Waals surface area contributed by atoms with Crippen LogP contribution >= 0.6 is 0 Å². The van der Waals surface area contributed by atoms with Crippen LogP contribution in [0.2, 0.25) is 0 Å². The van der Waals surface area contributed by atoms with Crippen LogP contribution in [0.1, 0.15) is 49.4 Å². The summed E-state index contributed by atoms with van der Waals surface area (Å²) in [5.41, 5.74) is 0.930. The van der Waals surface area contributed by atoms with Crippen LogP contribution in [0.5, 0.6) is 5.75 Å². The molecule has 2 aliphatic rings. The minimum atomic E-state index is -0.412. The second-order valence-corrected chi connectivity index (χ2v) is 7.14. The van der Waals surface area contributed by atoms with Crippen molar-refractivity contribution in [2.45, 2.75) is 45.1 Å². The molecule has 2 fully saturated rings. The number of ketones is 1. The fourth-order valence-electron chi connectivity index (χ4n) is 3.80. The molecule has 3 amide bonds. The Morgan fingerprint density at radius 3 is 2.48 bits per heavy atom. The fraction of sp³-hybridized carbons (Fsp3) is 0.550. The Morgan fingerprint density at radius 2 is 1.81 bits per heavy atom. The summed E-state index contributed by atoms with van der Waals surface area (Å²) in [5, 5.41) is 2.83. The first-order valence-corrected chi connectivity index (χ1v) is 9.56. The molecule has 1 aromatic carbocycles. The summed E-state index contributed by atoms with van der Waals surface area (Å²) in [7, 11) is 1.51. The number of nitrogens with one attached hydrogen (secondary N) is 1. The van der Waals surface area contributed by atoms with Crippen LogP contribution in [-0.2, 0) is 4.79 Å². The van der Waals surface area contributed by atoms with Crippen molar-refractivity contribution in [2.75, 3.05) is 32.1 Å². The molecule has 0 saturated carbocycles. The molecule has 2 heterocycles. The van der Waals surface area contributed by atoms with Crippen molar-refractivity contribution in [1.82, 2.24) is 9.80 Å². The summed E-state index contributed by atoms with van der Waals surface area (Å²) in [6, 6.07) is 4.19. The fourth-order valence-corrected chi connectivity index (χ4v) is 3.80. The zero-order valence-corrected chi connectivity index (χ0v) is 16.0. The molecule has 1 atom stereocenters. The van der Waals surface area contributed by atoms with Crippen LogP contribution < -0.4 is 10.1 Å². The van der Waals surface area contributed by atoms with E-state index in [4.69, 9.17) is 4.74 Å². The molecule has 0 aromatic heterocycles. The minimum absolute atomic E-state index is 0.0480. The number of carbonyl (C=O) groups is 3. The smallest absolute Gasteiger partial charge is 0.322 e. The highest BCUT2D eigenvalue weighted by Crippen LogP contribution is 2.28. The molecule has 7 nitrogen and oxygen atoms in total. The van der Waals surface area contributed by atoms with Gasteiger partial charge in [-0.3, -0.25) is 9.59 Å². The quantitative estimate of drug-likeness (QED) is 0.823. The van der Waals surface area contributed by atoms with Gasteiger partial charge in [0.1, 0.15) is 11.8 Å². The molecule has 0 radical (unpaired) electrons. The van der Waals surface area contributed by atoms with Crippen LogP contribution in [0, 0.1) is 0 Å². The Balaban J connectivity index is 1.74. The molecule has 2 saturated heterocycles. The van der Waals surface area contributed by atoms with Gasteiger partial charge in [0.05, 0.1) is 12.8 Å². The number of piperidine rings is 1. The van der Waals surface area contributed by atoms with Crippen LogP contribution in [0.4, 0.5) is 10.5 Å². The van der Waals surface area contributed by atoms with Crippen LogP contribution in [0.25, 0.3) is 0 Å². The van der Waals surface area contributed by atoms with E-state index in [9.17, 15) is 14.4 Å². The molecule has 0 spiro atoms. The molecule has 7 heteroatoms. The average molecular weight is 373 g/mol. The predicted octanol–water partition coefficient (Wildman–Crippen LogP) is 2.91. The highest BCUT2D eigenvalue weighted by molar-refractivity contribution is 5.99. The maximum absolute atomic E-state index is 12.9. The van der Waals surface area contributed by atoms with Crippen molar-refractivity contribution < 1.29 is 19.1 Å². The van der Waals surface area contributed by atoms with Gasteiger partial charge in [-0.05, 0) is 57.2 Å². The van der Waals surface area contributed by atoms with Crippen molar-refractivity contribution in [1.29, 1.82) is 0 Å². The summed E-state index contributed by atoms with van der Waals surface area (Å²) >= 11 is 0. The van der Waals surface area contributed by atoms with E-state index in [0.717, 1.165) is 38.8 Å². The molecule has 0 unspecified atom stereocenters. The highest BCUT2D eigenvalue weighted by atomic mass is 16.5. The third-order valence-electron chi connectivity index (χ3n) is 5.31. The van der Waals surface area contributed by atoms with Gasteiger partial charge in [-0.25, -0.2) is 4.79 Å². The number of rotatable bonds is 4. The first-order chi connectivity index (χ1) is 13.0. The minimum Gasteiger partial charge on any atom is -0.495 e. The van der Waals surface area contributed by atoms with E-state index in [1.54, 1.807) is 23.1 Å². The Hall–Kier alpha value is -2.57. The first-order valence-electron chi connectivity index (χ1n) is 9.56. The largest absolute Gasteiger partial charge is 0.495 e. The standard InChI is InChI=1S/C20H27N3O4/c1-14(24)15-8-9-18(27-2)16(13-15)21-20(26)23-12-6-7-17(23)19(25)22-10-4-3-5-11-22/h8-9,13,17H,3-7,10-12H2,1-2H3,(H,21,26)/t17-/m0/s1. The number of hydrogen-bond acceptors (Lipinski definition) is 4. The van der Waals surface area contributed by atoms with Gasteiger partial charge < -0.3 is 19.9 Å². The number of urea groups is 1. The molecular weight excluding hydrogens is 346 g/mol. The number of Topliss-reactive ketones (excluding diaryl/α,β-unsaturated/α-hetero) is 1. The van der Waals surface area contributed by atoms with Gasteiger partial charge in [0.15, 0.2) is 5.78 Å². The molecule has 3 rings (SSSR count). The zero-order valence-electron chi connectivity index (χ0n) is 16.0. The van der Waals surface area contributed by atoms with Gasteiger partial charge in [-0.15, -0.1) is 0 Å². The number of hydrogen-bond donors (Lipinski definition) is 1. The Labute approximate surface area is 159 Å². The highest BCUT2D eigenvalue weighted by Gasteiger charge is 2.37. The number of ether oxygens (including phenoxy) is 1. The third kappa shape index (κ3) is 4.23. The van der Waals surface area contributed by atoms with E-state index in [2.05, 4.69) is 5.32 Å². The van der Waals surface area contributed by atoms with E-state index >= 15 is 0 Å². The summed E-state index contributed by atoms with van der Waals surface area (Å²) in [5.74, 6) is 0.436. The number of carbonyl (C=O) groups excluding carboxylic acids is 3. The van der Waals surface area contributed by atoms with Gasteiger partial charge in [0.2, 0.25) is 5.91 Å². The van der Waals surface area contributed by atoms with Gasteiger partial charge in [0, 0.05) is 25.2 Å². The van der Waals surface area contributed by atoms with Crippen LogP contribution in [-0.4, -0.2) is 60.3 Å². The number of amides is 3. The first kappa shape index (κ1) is 19.2. The average Bonchev–Trinajstić information content (AvgIpc) is 3.18. The molecule has 1 aromatic rings. The zero-order chi connectivity index (χ0) is 19.4. The van der Waals surface area contributed by atoms with E-state index in [1.165, 1.54) is 14.0 Å². The van der Waals surface area contributed by atoms with Crippen molar-refractivity contribution in [3.8, 4) is 5.75 Å². The molecular formula is C20H27N3O4. The molecule has 2 aliphatic heterocycles. The monoisotopic (exact) mass is 373 g/mol.